The van der Waals surface area contributed by atoms with Gasteiger partial charge in [-0.3, -0.25) is 0 Å². The molecule has 4 rings (SSSR count). The molecule has 1 heteroatoms. The molecule has 0 unspecified atom stereocenters. The van der Waals surface area contributed by atoms with Crippen molar-refractivity contribution in [2.24, 2.45) is 0 Å². The van der Waals surface area contributed by atoms with Crippen molar-refractivity contribution in [2.45, 2.75) is 32.6 Å². The lowest BCUT2D eigenvalue weighted by molar-refractivity contribution is 0.643. The average Bonchev–Trinajstić information content (AvgIpc) is 2.83. The van der Waals surface area contributed by atoms with E-state index in [9.17, 15) is 0 Å². The summed E-state index contributed by atoms with van der Waals surface area (Å²) in [6, 6.07) is 26.0. The number of benzene rings is 4. The molecule has 4 aromatic carbocycles. The quantitative estimate of drug-likeness (QED) is 0.219. The van der Waals surface area contributed by atoms with Crippen molar-refractivity contribution in [1.82, 2.24) is 0 Å². The second kappa shape index (κ2) is 10.1. The van der Waals surface area contributed by atoms with E-state index in [1.807, 2.05) is 48.5 Å². The van der Waals surface area contributed by atoms with Crippen molar-refractivity contribution < 1.29 is 4.39 Å². The van der Waals surface area contributed by atoms with Gasteiger partial charge in [-0.15, -0.1) is 6.58 Å². The summed E-state index contributed by atoms with van der Waals surface area (Å²) in [6.45, 7) is 5.95. The van der Waals surface area contributed by atoms with Gasteiger partial charge < -0.3 is 0 Å². The minimum atomic E-state index is -0.188. The average molecular weight is 419 g/mol. The second-order valence-electron chi connectivity index (χ2n) is 8.08. The number of hydrogen-bond donors (Lipinski definition) is 0. The predicted octanol–water partition coefficient (Wildman–Crippen LogP) is 8.12. The highest BCUT2D eigenvalue weighted by atomic mass is 19.1. The van der Waals surface area contributed by atoms with Gasteiger partial charge >= 0.3 is 0 Å². The maximum Gasteiger partial charge on any atom is 0.138 e. The Morgan fingerprint density at radius 1 is 0.781 bits per heavy atom. The fraction of sp³-hybridized carbons (Fsp3) is 0.161. The first-order valence-electron chi connectivity index (χ1n) is 11.2. The number of allylic oxidation sites excluding steroid dienone is 1. The highest BCUT2D eigenvalue weighted by Gasteiger charge is 2.10. The Morgan fingerprint density at radius 3 is 2.16 bits per heavy atom. The molecule has 0 bridgehead atoms. The smallest absolute Gasteiger partial charge is 0.138 e. The van der Waals surface area contributed by atoms with Crippen molar-refractivity contribution in [2.75, 3.05) is 0 Å². The van der Waals surface area contributed by atoms with Crippen LogP contribution in [0.25, 0.3) is 21.9 Å². The molecule has 0 spiro atoms. The van der Waals surface area contributed by atoms with Crippen LogP contribution in [-0.4, -0.2) is 0 Å². The number of rotatable bonds is 6. The summed E-state index contributed by atoms with van der Waals surface area (Å²) in [5.41, 5.74) is 5.96. The molecule has 0 N–H and O–H groups in total. The summed E-state index contributed by atoms with van der Waals surface area (Å²) < 4.78 is 15.3. The van der Waals surface area contributed by atoms with Crippen molar-refractivity contribution in [1.29, 1.82) is 0 Å². The number of aryl methyl sites for hydroxylation is 2. The Hall–Kier alpha value is -3.63. The van der Waals surface area contributed by atoms with Gasteiger partial charge in [0, 0.05) is 22.1 Å². The van der Waals surface area contributed by atoms with E-state index in [0.29, 0.717) is 10.9 Å². The topological polar surface area (TPSA) is 0 Å². The lowest BCUT2D eigenvalue weighted by Crippen LogP contribution is -1.89. The van der Waals surface area contributed by atoms with Gasteiger partial charge in [-0.25, -0.2) is 4.39 Å². The SMILES string of the molecule is C=CCCc1ccc(-c2ccc3cc(C#Cc4ccc(CCC)cc4)ccc3c2F)cc1. The Labute approximate surface area is 190 Å². The molecule has 0 aliphatic heterocycles. The largest absolute Gasteiger partial charge is 0.206 e. The van der Waals surface area contributed by atoms with Gasteiger partial charge in [-0.05, 0) is 65.6 Å². The van der Waals surface area contributed by atoms with Crippen LogP contribution in [0.4, 0.5) is 4.39 Å². The first kappa shape index (κ1) is 21.6. The summed E-state index contributed by atoms with van der Waals surface area (Å²) >= 11 is 0. The van der Waals surface area contributed by atoms with E-state index in [2.05, 4.69) is 61.7 Å². The van der Waals surface area contributed by atoms with Crippen LogP contribution in [0.2, 0.25) is 0 Å². The first-order valence-corrected chi connectivity index (χ1v) is 11.2. The lowest BCUT2D eigenvalue weighted by atomic mass is 9.97. The number of hydrogen-bond acceptors (Lipinski definition) is 0. The second-order valence-corrected chi connectivity index (χ2v) is 8.08. The molecule has 0 aromatic heterocycles. The fourth-order valence-electron chi connectivity index (χ4n) is 3.90. The summed E-state index contributed by atoms with van der Waals surface area (Å²) in [6.07, 6.45) is 6.04. The predicted molar refractivity (Wildman–Crippen MR) is 134 cm³/mol. The zero-order valence-electron chi connectivity index (χ0n) is 18.5. The van der Waals surface area contributed by atoms with Gasteiger partial charge in [0.15, 0.2) is 0 Å². The minimum absolute atomic E-state index is 0.188. The van der Waals surface area contributed by atoms with Gasteiger partial charge in [-0.1, -0.05) is 85.9 Å². The Balaban J connectivity index is 1.58. The third-order valence-corrected chi connectivity index (χ3v) is 5.70. The number of fused-ring (bicyclic) bond motifs is 1. The molecular weight excluding hydrogens is 391 g/mol. The molecule has 0 radical (unpaired) electrons. The van der Waals surface area contributed by atoms with Crippen molar-refractivity contribution in [3.63, 3.8) is 0 Å². The van der Waals surface area contributed by atoms with E-state index in [4.69, 9.17) is 0 Å². The normalized spacial score (nSPS) is 10.6. The van der Waals surface area contributed by atoms with Crippen LogP contribution in [-0.2, 0) is 12.8 Å². The van der Waals surface area contributed by atoms with Crippen molar-refractivity contribution in [3.8, 4) is 23.0 Å². The Bertz CT molecular complexity index is 1280. The molecule has 0 saturated heterocycles. The molecule has 0 nitrogen and oxygen atoms in total. The summed E-state index contributed by atoms with van der Waals surface area (Å²) in [5.74, 6) is 6.24. The van der Waals surface area contributed by atoms with Crippen LogP contribution in [0.15, 0.2) is 91.5 Å². The summed E-state index contributed by atoms with van der Waals surface area (Å²) in [4.78, 5) is 0. The molecular formula is C31H27F. The molecule has 0 atom stereocenters. The zero-order valence-corrected chi connectivity index (χ0v) is 18.5. The van der Waals surface area contributed by atoms with Crippen LogP contribution in [0.5, 0.6) is 0 Å². The molecule has 0 heterocycles. The molecule has 4 aromatic rings. The fourth-order valence-corrected chi connectivity index (χ4v) is 3.90. The van der Waals surface area contributed by atoms with E-state index in [1.54, 1.807) is 0 Å². The standard InChI is InChI=1S/C31H27F/c1-3-5-7-24-14-17-27(18-15-24)29-21-19-28-22-26(16-20-30(28)31(29)32)13-12-25-10-8-23(6-4-2)9-11-25/h3,8-11,14-22H,1,4-7H2,2H3. The molecule has 32 heavy (non-hydrogen) atoms. The Kier molecular flexibility index (Phi) is 6.83. The van der Waals surface area contributed by atoms with Crippen LogP contribution in [0.1, 0.15) is 42.0 Å². The maximum atomic E-state index is 15.3. The summed E-state index contributed by atoms with van der Waals surface area (Å²) in [7, 11) is 0. The monoisotopic (exact) mass is 418 g/mol. The third kappa shape index (κ3) is 4.98. The van der Waals surface area contributed by atoms with Gasteiger partial charge in [0.2, 0.25) is 0 Å². The maximum absolute atomic E-state index is 15.3. The van der Waals surface area contributed by atoms with E-state index in [1.165, 1.54) is 11.1 Å². The zero-order chi connectivity index (χ0) is 22.3. The van der Waals surface area contributed by atoms with E-state index in [0.717, 1.165) is 47.8 Å². The molecule has 0 aliphatic rings. The highest BCUT2D eigenvalue weighted by molar-refractivity contribution is 5.89. The van der Waals surface area contributed by atoms with E-state index < -0.39 is 0 Å². The van der Waals surface area contributed by atoms with E-state index in [-0.39, 0.29) is 5.82 Å². The van der Waals surface area contributed by atoms with Crippen LogP contribution >= 0.6 is 0 Å². The van der Waals surface area contributed by atoms with Gasteiger partial charge in [-0.2, -0.15) is 0 Å². The lowest BCUT2D eigenvalue weighted by Gasteiger charge is -2.08. The van der Waals surface area contributed by atoms with E-state index >= 15 is 4.39 Å². The van der Waals surface area contributed by atoms with Crippen LogP contribution in [0, 0.1) is 17.7 Å². The van der Waals surface area contributed by atoms with Gasteiger partial charge in [0.25, 0.3) is 0 Å². The highest BCUT2D eigenvalue weighted by Crippen LogP contribution is 2.30. The molecule has 0 amide bonds. The first-order chi connectivity index (χ1) is 15.7. The van der Waals surface area contributed by atoms with Crippen LogP contribution in [0.3, 0.4) is 0 Å². The third-order valence-electron chi connectivity index (χ3n) is 5.70. The Morgan fingerprint density at radius 2 is 1.44 bits per heavy atom. The van der Waals surface area contributed by atoms with Gasteiger partial charge in [0.1, 0.15) is 5.82 Å². The summed E-state index contributed by atoms with van der Waals surface area (Å²) in [5, 5.41) is 1.48. The molecule has 0 saturated carbocycles. The van der Waals surface area contributed by atoms with Crippen molar-refractivity contribution in [3.05, 3.63) is 120 Å². The number of halogens is 1. The molecule has 0 fully saturated rings. The van der Waals surface area contributed by atoms with Gasteiger partial charge in [0.05, 0.1) is 0 Å². The molecule has 0 aliphatic carbocycles. The van der Waals surface area contributed by atoms with Crippen molar-refractivity contribution >= 4 is 10.8 Å². The molecule has 158 valence electrons. The van der Waals surface area contributed by atoms with Crippen LogP contribution < -0.4 is 0 Å². The minimum Gasteiger partial charge on any atom is -0.206 e.